The van der Waals surface area contributed by atoms with E-state index in [-0.39, 0.29) is 0 Å². The molecule has 0 bridgehead atoms. The second-order valence-electron chi connectivity index (χ2n) is 4.75. The number of nitrogens with two attached hydrogens (primary N) is 1. The third-order valence-electron chi connectivity index (χ3n) is 3.55. The Morgan fingerprint density at radius 3 is 2.73 bits per heavy atom. The van der Waals surface area contributed by atoms with Gasteiger partial charge in [-0.2, -0.15) is 5.10 Å². The molecule has 2 heteroatoms. The summed E-state index contributed by atoms with van der Waals surface area (Å²) in [7, 11) is 0. The van der Waals surface area contributed by atoms with Crippen LogP contribution in [0, 0.1) is 5.41 Å². The molecule has 0 radical (unpaired) electrons. The molecular weight excluding hydrogens is 184 g/mol. The van der Waals surface area contributed by atoms with Gasteiger partial charge in [0.25, 0.3) is 0 Å². The molecule has 0 aromatic heterocycles. The number of fused-ring (bicyclic) bond motifs is 1. The number of benzene rings is 1. The topological polar surface area (TPSA) is 38.4 Å². The average Bonchev–Trinajstić information content (AvgIpc) is 2.28. The number of hydrazone groups is 1. The molecule has 1 atom stereocenters. The zero-order chi connectivity index (χ0) is 10.9. The molecule has 0 unspecified atom stereocenters. The molecule has 2 N–H and O–H groups in total. The van der Waals surface area contributed by atoms with Gasteiger partial charge in [-0.1, -0.05) is 44.5 Å². The van der Waals surface area contributed by atoms with Crippen LogP contribution in [0.2, 0.25) is 0 Å². The van der Waals surface area contributed by atoms with Crippen LogP contribution in [0.4, 0.5) is 0 Å². The fourth-order valence-corrected chi connectivity index (χ4v) is 2.34. The molecule has 2 rings (SSSR count). The van der Waals surface area contributed by atoms with Gasteiger partial charge >= 0.3 is 0 Å². The maximum absolute atomic E-state index is 5.48. The molecule has 1 aromatic carbocycles. The highest BCUT2D eigenvalue weighted by molar-refractivity contribution is 6.03. The van der Waals surface area contributed by atoms with Crippen molar-refractivity contribution in [3.8, 4) is 0 Å². The molecule has 0 heterocycles. The molecule has 1 aliphatic rings. The summed E-state index contributed by atoms with van der Waals surface area (Å²) in [5, 5.41) is 3.95. The highest BCUT2D eigenvalue weighted by Crippen LogP contribution is 2.37. The van der Waals surface area contributed by atoms with Crippen LogP contribution in [-0.4, -0.2) is 5.71 Å². The Kier molecular flexibility index (Phi) is 2.51. The minimum absolute atomic E-state index is 0.326. The van der Waals surface area contributed by atoms with Crippen molar-refractivity contribution in [2.24, 2.45) is 16.4 Å². The maximum Gasteiger partial charge on any atom is 0.0681 e. The molecule has 0 amide bonds. The first-order chi connectivity index (χ1) is 7.18. The Balaban J connectivity index is 2.48. The second kappa shape index (κ2) is 3.69. The Morgan fingerprint density at radius 2 is 2.07 bits per heavy atom. The van der Waals surface area contributed by atoms with E-state index in [4.69, 9.17) is 5.84 Å². The summed E-state index contributed by atoms with van der Waals surface area (Å²) in [6.07, 6.45) is 3.30. The predicted molar refractivity (Wildman–Crippen MR) is 63.9 cm³/mol. The summed E-state index contributed by atoms with van der Waals surface area (Å²) >= 11 is 0. The van der Waals surface area contributed by atoms with Crippen molar-refractivity contribution >= 4 is 5.71 Å². The lowest BCUT2D eigenvalue weighted by Gasteiger charge is -2.34. The molecule has 0 saturated carbocycles. The highest BCUT2D eigenvalue weighted by atomic mass is 15.1. The van der Waals surface area contributed by atoms with Crippen LogP contribution < -0.4 is 5.84 Å². The van der Waals surface area contributed by atoms with E-state index in [1.807, 2.05) is 0 Å². The summed E-state index contributed by atoms with van der Waals surface area (Å²) in [4.78, 5) is 0. The van der Waals surface area contributed by atoms with Gasteiger partial charge < -0.3 is 5.84 Å². The Labute approximate surface area is 91.2 Å². The van der Waals surface area contributed by atoms with Gasteiger partial charge in [0.15, 0.2) is 0 Å². The third-order valence-corrected chi connectivity index (χ3v) is 3.55. The van der Waals surface area contributed by atoms with Gasteiger partial charge in [0.2, 0.25) is 0 Å². The molecule has 0 saturated heterocycles. The van der Waals surface area contributed by atoms with Crippen LogP contribution in [-0.2, 0) is 6.42 Å². The molecule has 2 nitrogen and oxygen atoms in total. The van der Waals surface area contributed by atoms with Crippen molar-refractivity contribution in [3.05, 3.63) is 35.4 Å². The molecule has 0 spiro atoms. The molecule has 0 aliphatic heterocycles. The molecular formula is C13H18N2. The zero-order valence-electron chi connectivity index (χ0n) is 9.46. The van der Waals surface area contributed by atoms with Gasteiger partial charge in [-0.3, -0.25) is 0 Å². The number of hydrogen-bond donors (Lipinski definition) is 1. The monoisotopic (exact) mass is 202 g/mol. The lowest BCUT2D eigenvalue weighted by molar-refractivity contribution is 0.316. The zero-order valence-corrected chi connectivity index (χ0v) is 9.46. The Hall–Kier alpha value is -1.31. The Bertz CT molecular complexity index is 395. The van der Waals surface area contributed by atoms with E-state index >= 15 is 0 Å². The fourth-order valence-electron chi connectivity index (χ4n) is 2.34. The smallest absolute Gasteiger partial charge is 0.0681 e. The van der Waals surface area contributed by atoms with Crippen molar-refractivity contribution in [1.82, 2.24) is 0 Å². The molecule has 80 valence electrons. The molecule has 0 fully saturated rings. The van der Waals surface area contributed by atoms with Crippen LogP contribution in [0.3, 0.4) is 0 Å². The third kappa shape index (κ3) is 1.76. The fraction of sp³-hybridized carbons (Fsp3) is 0.462. The van der Waals surface area contributed by atoms with Gasteiger partial charge in [0, 0.05) is 5.56 Å². The van der Waals surface area contributed by atoms with Crippen molar-refractivity contribution in [1.29, 1.82) is 0 Å². The van der Waals surface area contributed by atoms with E-state index in [0.717, 1.165) is 18.6 Å². The first-order valence-corrected chi connectivity index (χ1v) is 5.53. The summed E-state index contributed by atoms with van der Waals surface area (Å²) in [5.74, 6) is 5.48. The summed E-state index contributed by atoms with van der Waals surface area (Å²) < 4.78 is 0. The van der Waals surface area contributed by atoms with Gasteiger partial charge in [-0.25, -0.2) is 0 Å². The van der Waals surface area contributed by atoms with E-state index < -0.39 is 0 Å². The maximum atomic E-state index is 5.48. The predicted octanol–water partition coefficient (Wildman–Crippen LogP) is 2.71. The van der Waals surface area contributed by atoms with Crippen LogP contribution in [0.5, 0.6) is 0 Å². The van der Waals surface area contributed by atoms with E-state index in [1.54, 1.807) is 0 Å². The number of hydrogen-bond acceptors (Lipinski definition) is 2. The van der Waals surface area contributed by atoms with Crippen molar-refractivity contribution in [2.75, 3.05) is 0 Å². The van der Waals surface area contributed by atoms with Gasteiger partial charge in [-0.05, 0) is 23.8 Å². The van der Waals surface area contributed by atoms with Crippen LogP contribution in [0.25, 0.3) is 0 Å². The molecule has 1 aliphatic carbocycles. The van der Waals surface area contributed by atoms with Crippen molar-refractivity contribution in [2.45, 2.75) is 33.1 Å². The quantitative estimate of drug-likeness (QED) is 0.552. The molecule has 1 aromatic rings. The average molecular weight is 202 g/mol. The standard InChI is InChI=1S/C13H18N2/c1-3-13(2)8-10-6-4-5-7-11(10)12(9-13)15-14/h4-7H,3,8-9,14H2,1-2H3/b15-12+/t13-/m0/s1. The van der Waals surface area contributed by atoms with Crippen LogP contribution in [0.1, 0.15) is 37.8 Å². The Morgan fingerprint density at radius 1 is 1.33 bits per heavy atom. The van der Waals surface area contributed by atoms with Crippen molar-refractivity contribution < 1.29 is 0 Å². The van der Waals surface area contributed by atoms with E-state index in [9.17, 15) is 0 Å². The first kappa shape index (κ1) is 10.2. The SMILES string of the molecule is CC[C@]1(C)C/C(=N\N)c2ccccc2C1. The van der Waals surface area contributed by atoms with Gasteiger partial charge in [0.1, 0.15) is 0 Å². The number of rotatable bonds is 1. The summed E-state index contributed by atoms with van der Waals surface area (Å²) in [6.45, 7) is 4.55. The normalized spacial score (nSPS) is 27.7. The van der Waals surface area contributed by atoms with Crippen LogP contribution >= 0.6 is 0 Å². The lowest BCUT2D eigenvalue weighted by atomic mass is 9.70. The van der Waals surface area contributed by atoms with E-state index in [1.165, 1.54) is 17.5 Å². The highest BCUT2D eigenvalue weighted by Gasteiger charge is 2.31. The van der Waals surface area contributed by atoms with Gasteiger partial charge in [-0.15, -0.1) is 0 Å². The number of nitrogens with zero attached hydrogens (tertiary/aromatic N) is 1. The first-order valence-electron chi connectivity index (χ1n) is 5.53. The summed E-state index contributed by atoms with van der Waals surface area (Å²) in [6, 6.07) is 8.46. The van der Waals surface area contributed by atoms with E-state index in [2.05, 4.69) is 43.2 Å². The second-order valence-corrected chi connectivity index (χ2v) is 4.75. The summed E-state index contributed by atoms with van der Waals surface area (Å²) in [5.41, 5.74) is 4.01. The lowest BCUT2D eigenvalue weighted by Crippen LogP contribution is -2.30. The largest absolute Gasteiger partial charge is 0.323 e. The van der Waals surface area contributed by atoms with Crippen molar-refractivity contribution in [3.63, 3.8) is 0 Å². The van der Waals surface area contributed by atoms with E-state index in [0.29, 0.717) is 5.41 Å². The van der Waals surface area contributed by atoms with Gasteiger partial charge in [0.05, 0.1) is 5.71 Å². The van der Waals surface area contributed by atoms with Crippen LogP contribution in [0.15, 0.2) is 29.4 Å². The minimum atomic E-state index is 0.326. The minimum Gasteiger partial charge on any atom is -0.323 e. The molecule has 15 heavy (non-hydrogen) atoms.